The summed E-state index contributed by atoms with van der Waals surface area (Å²) in [5.74, 6) is 1.45. The van der Waals surface area contributed by atoms with Crippen LogP contribution in [-0.2, 0) is 4.79 Å². The first-order chi connectivity index (χ1) is 12.2. The van der Waals surface area contributed by atoms with Crippen LogP contribution in [0.3, 0.4) is 0 Å². The molecule has 0 unspecified atom stereocenters. The summed E-state index contributed by atoms with van der Waals surface area (Å²) in [5.41, 5.74) is 1.42. The third kappa shape index (κ3) is 6.43. The fraction of sp³-hybridized carbons (Fsp3) is 0.263. The molecule has 0 aliphatic carbocycles. The smallest absolute Gasteiger partial charge is 0.221 e. The van der Waals surface area contributed by atoms with E-state index in [9.17, 15) is 4.79 Å². The molecule has 25 heavy (non-hydrogen) atoms. The number of hydrogen-bond donors (Lipinski definition) is 2. The lowest BCUT2D eigenvalue weighted by molar-refractivity contribution is -0.120. The summed E-state index contributed by atoms with van der Waals surface area (Å²) < 4.78 is 10.6. The van der Waals surface area contributed by atoms with Crippen LogP contribution in [0.15, 0.2) is 48.5 Å². The van der Waals surface area contributed by atoms with Crippen LogP contribution in [0.4, 0.5) is 5.69 Å². The average Bonchev–Trinajstić information content (AvgIpc) is 2.66. The van der Waals surface area contributed by atoms with Crippen LogP contribution >= 0.6 is 0 Å². The third-order valence-electron chi connectivity index (χ3n) is 3.43. The van der Waals surface area contributed by atoms with Crippen molar-refractivity contribution in [3.63, 3.8) is 0 Å². The number of anilines is 1. The normalized spacial score (nSPS) is 9.76. The van der Waals surface area contributed by atoms with Crippen LogP contribution in [0, 0.1) is 11.3 Å². The van der Waals surface area contributed by atoms with Crippen molar-refractivity contribution in [3.8, 4) is 17.6 Å². The monoisotopic (exact) mass is 339 g/mol. The Kier molecular flexibility index (Phi) is 7.13. The van der Waals surface area contributed by atoms with Gasteiger partial charge in [-0.3, -0.25) is 4.79 Å². The minimum absolute atomic E-state index is 0.0535. The number of benzene rings is 2. The summed E-state index contributed by atoms with van der Waals surface area (Å²) in [7, 11) is 1.61. The number of nitrogens with zero attached hydrogens (tertiary/aromatic N) is 1. The summed E-state index contributed by atoms with van der Waals surface area (Å²) >= 11 is 0. The van der Waals surface area contributed by atoms with E-state index in [1.54, 1.807) is 25.3 Å². The molecule has 2 aromatic rings. The quantitative estimate of drug-likeness (QED) is 0.686. The van der Waals surface area contributed by atoms with Crippen molar-refractivity contribution in [2.75, 3.05) is 32.1 Å². The van der Waals surface area contributed by atoms with E-state index >= 15 is 0 Å². The van der Waals surface area contributed by atoms with Crippen LogP contribution in [-0.4, -0.2) is 32.7 Å². The molecule has 2 N–H and O–H groups in total. The number of carbonyl (C=O) groups excluding carboxylic acids is 1. The Bertz CT molecular complexity index is 723. The summed E-state index contributed by atoms with van der Waals surface area (Å²) in [6, 6.07) is 16.5. The first-order valence-electron chi connectivity index (χ1n) is 7.99. The number of nitrogens with one attached hydrogen (secondary N) is 2. The van der Waals surface area contributed by atoms with Gasteiger partial charge >= 0.3 is 0 Å². The van der Waals surface area contributed by atoms with Crippen LogP contribution in [0.5, 0.6) is 11.5 Å². The van der Waals surface area contributed by atoms with E-state index < -0.39 is 0 Å². The van der Waals surface area contributed by atoms with E-state index in [0.717, 1.165) is 17.2 Å². The standard InChI is InChI=1S/C19H21N3O3/c1-24-17-5-7-18(8-6-17)25-12-11-22-19(23)9-10-21-16-4-2-3-15(13-16)14-20/h2-8,13,21H,9-12H2,1H3,(H,22,23). The number of hydrogen-bond acceptors (Lipinski definition) is 5. The van der Waals surface area contributed by atoms with Crippen molar-refractivity contribution < 1.29 is 14.3 Å². The Morgan fingerprint density at radius 1 is 1.12 bits per heavy atom. The van der Waals surface area contributed by atoms with Gasteiger partial charge in [-0.25, -0.2) is 0 Å². The molecule has 0 aliphatic heterocycles. The third-order valence-corrected chi connectivity index (χ3v) is 3.43. The molecule has 2 aromatic carbocycles. The maximum absolute atomic E-state index is 11.8. The van der Waals surface area contributed by atoms with Crippen LogP contribution in [0.1, 0.15) is 12.0 Å². The molecule has 0 heterocycles. The highest BCUT2D eigenvalue weighted by molar-refractivity contribution is 5.76. The minimum Gasteiger partial charge on any atom is -0.497 e. The second-order valence-electron chi connectivity index (χ2n) is 5.24. The average molecular weight is 339 g/mol. The lowest BCUT2D eigenvalue weighted by Gasteiger charge is -2.09. The molecule has 130 valence electrons. The molecule has 6 nitrogen and oxygen atoms in total. The Morgan fingerprint density at radius 2 is 1.88 bits per heavy atom. The fourth-order valence-corrected chi connectivity index (χ4v) is 2.14. The van der Waals surface area contributed by atoms with Crippen molar-refractivity contribution in [1.82, 2.24) is 5.32 Å². The summed E-state index contributed by atoms with van der Waals surface area (Å²) in [6.07, 6.45) is 0.347. The molecule has 0 bridgehead atoms. The van der Waals surface area contributed by atoms with E-state index in [1.807, 2.05) is 30.3 Å². The van der Waals surface area contributed by atoms with Crippen LogP contribution < -0.4 is 20.1 Å². The summed E-state index contributed by atoms with van der Waals surface area (Å²) in [5, 5.41) is 14.8. The molecule has 0 spiro atoms. The van der Waals surface area contributed by atoms with Gasteiger partial charge < -0.3 is 20.1 Å². The minimum atomic E-state index is -0.0535. The number of carbonyl (C=O) groups is 1. The zero-order chi connectivity index (χ0) is 17.9. The highest BCUT2D eigenvalue weighted by atomic mass is 16.5. The summed E-state index contributed by atoms with van der Waals surface area (Å²) in [4.78, 5) is 11.8. The predicted octanol–water partition coefficient (Wildman–Crippen LogP) is 2.56. The molecule has 0 atom stereocenters. The van der Waals surface area contributed by atoms with Crippen molar-refractivity contribution in [2.24, 2.45) is 0 Å². The van der Waals surface area contributed by atoms with Crippen molar-refractivity contribution in [1.29, 1.82) is 5.26 Å². The second kappa shape index (κ2) is 9.83. The van der Waals surface area contributed by atoms with Crippen LogP contribution in [0.25, 0.3) is 0 Å². The molecule has 1 amide bonds. The van der Waals surface area contributed by atoms with Gasteiger partial charge in [-0.15, -0.1) is 0 Å². The number of ether oxygens (including phenoxy) is 2. The Hall–Kier alpha value is -3.20. The van der Waals surface area contributed by atoms with Gasteiger partial charge in [-0.2, -0.15) is 5.26 Å². The zero-order valence-corrected chi connectivity index (χ0v) is 14.1. The van der Waals surface area contributed by atoms with E-state index in [2.05, 4.69) is 16.7 Å². The maximum atomic E-state index is 11.8. The first-order valence-corrected chi connectivity index (χ1v) is 7.99. The lowest BCUT2D eigenvalue weighted by Crippen LogP contribution is -2.29. The van der Waals surface area contributed by atoms with Gasteiger partial charge in [0.25, 0.3) is 0 Å². The number of amides is 1. The van der Waals surface area contributed by atoms with Crippen LogP contribution in [0.2, 0.25) is 0 Å². The van der Waals surface area contributed by atoms with Gasteiger partial charge in [0, 0.05) is 18.7 Å². The van der Waals surface area contributed by atoms with E-state index in [1.165, 1.54) is 0 Å². The molecule has 2 rings (SSSR count). The Morgan fingerprint density at radius 3 is 2.60 bits per heavy atom. The molecule has 0 saturated carbocycles. The fourth-order valence-electron chi connectivity index (χ4n) is 2.14. The highest BCUT2D eigenvalue weighted by Gasteiger charge is 2.02. The first kappa shape index (κ1) is 18.1. The van der Waals surface area contributed by atoms with Crippen molar-refractivity contribution in [2.45, 2.75) is 6.42 Å². The second-order valence-corrected chi connectivity index (χ2v) is 5.24. The van der Waals surface area contributed by atoms with E-state index in [-0.39, 0.29) is 5.91 Å². The zero-order valence-electron chi connectivity index (χ0n) is 14.1. The van der Waals surface area contributed by atoms with Gasteiger partial charge in [0.15, 0.2) is 0 Å². The Labute approximate surface area is 147 Å². The molecular formula is C19H21N3O3. The Balaban J connectivity index is 1.59. The molecular weight excluding hydrogens is 318 g/mol. The molecule has 0 fully saturated rings. The van der Waals surface area contributed by atoms with Gasteiger partial charge in [-0.1, -0.05) is 6.07 Å². The van der Waals surface area contributed by atoms with E-state index in [0.29, 0.717) is 31.7 Å². The maximum Gasteiger partial charge on any atom is 0.221 e. The number of methoxy groups -OCH3 is 1. The van der Waals surface area contributed by atoms with Gasteiger partial charge in [0.2, 0.25) is 5.91 Å². The van der Waals surface area contributed by atoms with Crippen molar-refractivity contribution in [3.05, 3.63) is 54.1 Å². The van der Waals surface area contributed by atoms with Gasteiger partial charge in [0.05, 0.1) is 25.3 Å². The SMILES string of the molecule is COc1ccc(OCCNC(=O)CCNc2cccc(C#N)c2)cc1. The lowest BCUT2D eigenvalue weighted by atomic mass is 10.2. The number of nitriles is 1. The molecule has 6 heteroatoms. The molecule has 0 saturated heterocycles. The topological polar surface area (TPSA) is 83.4 Å². The van der Waals surface area contributed by atoms with E-state index in [4.69, 9.17) is 14.7 Å². The van der Waals surface area contributed by atoms with Gasteiger partial charge in [0.1, 0.15) is 18.1 Å². The summed E-state index contributed by atoms with van der Waals surface area (Å²) in [6.45, 7) is 1.34. The molecule has 0 aromatic heterocycles. The highest BCUT2D eigenvalue weighted by Crippen LogP contribution is 2.16. The largest absolute Gasteiger partial charge is 0.497 e. The molecule has 0 radical (unpaired) electrons. The van der Waals surface area contributed by atoms with Crippen molar-refractivity contribution >= 4 is 11.6 Å². The number of rotatable bonds is 9. The van der Waals surface area contributed by atoms with Gasteiger partial charge in [-0.05, 0) is 42.5 Å². The predicted molar refractivity (Wildman–Crippen MR) is 95.8 cm³/mol. The molecule has 0 aliphatic rings.